The Morgan fingerprint density at radius 2 is 2.20 bits per heavy atom. The SMILES string of the molecule is O=C(N[C@@H](c1cccs1)C1CC(O)C1)c1cnc(CN2CCCC2)s1. The Morgan fingerprint density at radius 1 is 1.40 bits per heavy atom. The van der Waals surface area contributed by atoms with Gasteiger partial charge in [-0.2, -0.15) is 0 Å². The van der Waals surface area contributed by atoms with Crippen LogP contribution < -0.4 is 5.32 Å². The molecular formula is C18H23N3O2S2. The number of rotatable bonds is 6. The first-order chi connectivity index (χ1) is 12.2. The summed E-state index contributed by atoms with van der Waals surface area (Å²) >= 11 is 3.15. The Hall–Kier alpha value is -1.28. The third-order valence-electron chi connectivity index (χ3n) is 5.09. The highest BCUT2D eigenvalue weighted by Crippen LogP contribution is 2.39. The molecule has 7 heteroatoms. The van der Waals surface area contributed by atoms with Crippen molar-refractivity contribution in [2.75, 3.05) is 13.1 Å². The van der Waals surface area contributed by atoms with Crippen LogP contribution in [0.3, 0.4) is 0 Å². The lowest BCUT2D eigenvalue weighted by Crippen LogP contribution is -2.40. The summed E-state index contributed by atoms with van der Waals surface area (Å²) < 4.78 is 0. The quantitative estimate of drug-likeness (QED) is 0.812. The van der Waals surface area contributed by atoms with Crippen molar-refractivity contribution in [2.24, 2.45) is 5.92 Å². The van der Waals surface area contributed by atoms with E-state index in [9.17, 15) is 9.90 Å². The number of amides is 1. The number of thiophene rings is 1. The van der Waals surface area contributed by atoms with Crippen molar-refractivity contribution in [3.05, 3.63) is 38.5 Å². The molecule has 1 atom stereocenters. The number of aliphatic hydroxyl groups is 1. The minimum atomic E-state index is -0.222. The second kappa shape index (κ2) is 7.53. The average Bonchev–Trinajstić information content (AvgIpc) is 3.31. The Morgan fingerprint density at radius 3 is 2.88 bits per heavy atom. The minimum absolute atomic E-state index is 0.0139. The van der Waals surface area contributed by atoms with E-state index in [-0.39, 0.29) is 18.1 Å². The Balaban J connectivity index is 1.41. The largest absolute Gasteiger partial charge is 0.393 e. The first-order valence-electron chi connectivity index (χ1n) is 8.88. The standard InChI is InChI=1S/C18H23N3O2S2/c22-13-8-12(9-13)17(14-4-3-7-24-14)20-18(23)15-10-19-16(25-15)11-21-5-1-2-6-21/h3-4,7,10,12-13,17,22H,1-2,5-6,8-9,11H2,(H,20,23)/t12?,13?,17-/m1/s1. The fourth-order valence-electron chi connectivity index (χ4n) is 3.62. The predicted octanol–water partition coefficient (Wildman–Crippen LogP) is 3.04. The molecule has 2 aromatic rings. The van der Waals surface area contributed by atoms with Crippen LogP contribution in [0.25, 0.3) is 0 Å². The maximum absolute atomic E-state index is 12.7. The van der Waals surface area contributed by atoms with E-state index in [1.807, 2.05) is 11.4 Å². The van der Waals surface area contributed by atoms with Gasteiger partial charge in [0.1, 0.15) is 9.88 Å². The van der Waals surface area contributed by atoms with Crippen LogP contribution in [-0.4, -0.2) is 40.1 Å². The summed E-state index contributed by atoms with van der Waals surface area (Å²) in [5, 5.41) is 15.9. The molecule has 0 radical (unpaired) electrons. The van der Waals surface area contributed by atoms with Crippen molar-refractivity contribution in [3.63, 3.8) is 0 Å². The van der Waals surface area contributed by atoms with Crippen LogP contribution in [0, 0.1) is 5.92 Å². The summed E-state index contributed by atoms with van der Waals surface area (Å²) in [5.74, 6) is 0.263. The molecular weight excluding hydrogens is 354 g/mol. The molecule has 0 aromatic carbocycles. The van der Waals surface area contributed by atoms with Gasteiger partial charge in [-0.25, -0.2) is 4.98 Å². The van der Waals surface area contributed by atoms with E-state index in [0.29, 0.717) is 10.8 Å². The van der Waals surface area contributed by atoms with Gasteiger partial charge in [0.05, 0.1) is 24.9 Å². The minimum Gasteiger partial charge on any atom is -0.393 e. The van der Waals surface area contributed by atoms with Crippen LogP contribution in [0.4, 0.5) is 0 Å². The van der Waals surface area contributed by atoms with Gasteiger partial charge in [0, 0.05) is 4.88 Å². The number of aliphatic hydroxyl groups excluding tert-OH is 1. The highest BCUT2D eigenvalue weighted by atomic mass is 32.1. The fourth-order valence-corrected chi connectivity index (χ4v) is 5.36. The highest BCUT2D eigenvalue weighted by molar-refractivity contribution is 7.13. The van der Waals surface area contributed by atoms with E-state index >= 15 is 0 Å². The summed E-state index contributed by atoms with van der Waals surface area (Å²) in [7, 11) is 0. The van der Waals surface area contributed by atoms with E-state index in [2.05, 4.69) is 21.3 Å². The van der Waals surface area contributed by atoms with Crippen LogP contribution in [0.2, 0.25) is 0 Å². The highest BCUT2D eigenvalue weighted by Gasteiger charge is 2.36. The fraction of sp³-hybridized carbons (Fsp3) is 0.556. The van der Waals surface area contributed by atoms with Gasteiger partial charge in [0.2, 0.25) is 0 Å². The molecule has 4 rings (SSSR count). The topological polar surface area (TPSA) is 65.5 Å². The number of nitrogens with one attached hydrogen (secondary N) is 1. The number of hydrogen-bond acceptors (Lipinski definition) is 6. The zero-order chi connectivity index (χ0) is 17.2. The maximum atomic E-state index is 12.7. The second-order valence-electron chi connectivity index (χ2n) is 6.95. The molecule has 1 amide bonds. The van der Waals surface area contributed by atoms with Gasteiger partial charge < -0.3 is 10.4 Å². The molecule has 0 unspecified atom stereocenters. The summed E-state index contributed by atoms with van der Waals surface area (Å²) in [4.78, 5) is 21.4. The third kappa shape index (κ3) is 3.95. The van der Waals surface area contributed by atoms with E-state index in [1.54, 1.807) is 17.5 Å². The molecule has 1 saturated carbocycles. The van der Waals surface area contributed by atoms with Crippen molar-refractivity contribution in [3.8, 4) is 0 Å². The van der Waals surface area contributed by atoms with Gasteiger partial charge in [-0.15, -0.1) is 22.7 Å². The maximum Gasteiger partial charge on any atom is 0.263 e. The van der Waals surface area contributed by atoms with Gasteiger partial charge in [-0.3, -0.25) is 9.69 Å². The van der Waals surface area contributed by atoms with Gasteiger partial charge in [-0.1, -0.05) is 6.07 Å². The smallest absolute Gasteiger partial charge is 0.263 e. The zero-order valence-electron chi connectivity index (χ0n) is 14.1. The number of hydrogen-bond donors (Lipinski definition) is 2. The Bertz CT molecular complexity index is 704. The summed E-state index contributed by atoms with van der Waals surface area (Å²) in [6.07, 6.45) is 5.51. The van der Waals surface area contributed by atoms with E-state index in [4.69, 9.17) is 0 Å². The van der Waals surface area contributed by atoms with Crippen LogP contribution in [0.5, 0.6) is 0 Å². The monoisotopic (exact) mass is 377 g/mol. The molecule has 25 heavy (non-hydrogen) atoms. The van der Waals surface area contributed by atoms with Gasteiger partial charge in [0.15, 0.2) is 0 Å². The number of likely N-dealkylation sites (tertiary alicyclic amines) is 1. The lowest BCUT2D eigenvalue weighted by molar-refractivity contribution is 0.0241. The predicted molar refractivity (Wildman–Crippen MR) is 99.9 cm³/mol. The molecule has 1 saturated heterocycles. The molecule has 134 valence electrons. The number of thiazole rings is 1. The first kappa shape index (κ1) is 17.1. The van der Waals surface area contributed by atoms with Crippen molar-refractivity contribution < 1.29 is 9.90 Å². The molecule has 2 N–H and O–H groups in total. The molecule has 2 aromatic heterocycles. The van der Waals surface area contributed by atoms with E-state index < -0.39 is 0 Å². The van der Waals surface area contributed by atoms with Gasteiger partial charge in [0.25, 0.3) is 5.91 Å². The normalized spacial score (nSPS) is 24.8. The molecule has 1 aliphatic heterocycles. The number of aromatic nitrogens is 1. The van der Waals surface area contributed by atoms with Crippen molar-refractivity contribution >= 4 is 28.6 Å². The molecule has 2 aliphatic rings. The van der Waals surface area contributed by atoms with Crippen LogP contribution in [0.15, 0.2) is 23.7 Å². The molecule has 0 spiro atoms. The molecule has 2 fully saturated rings. The lowest BCUT2D eigenvalue weighted by Gasteiger charge is -2.37. The average molecular weight is 378 g/mol. The molecule has 3 heterocycles. The van der Waals surface area contributed by atoms with Crippen LogP contribution in [-0.2, 0) is 6.54 Å². The lowest BCUT2D eigenvalue weighted by atomic mass is 9.77. The summed E-state index contributed by atoms with van der Waals surface area (Å²) in [5.41, 5.74) is 0. The Labute approximate surface area is 155 Å². The molecule has 5 nitrogen and oxygen atoms in total. The Kier molecular flexibility index (Phi) is 5.17. The number of nitrogens with zero attached hydrogens (tertiary/aromatic N) is 2. The van der Waals surface area contributed by atoms with Gasteiger partial charge in [-0.05, 0) is 56.1 Å². The number of carbonyl (C=O) groups excluding carboxylic acids is 1. The van der Waals surface area contributed by atoms with Crippen molar-refractivity contribution in [1.82, 2.24) is 15.2 Å². The molecule has 1 aliphatic carbocycles. The summed E-state index contributed by atoms with van der Waals surface area (Å²) in [6.45, 7) is 3.11. The third-order valence-corrected chi connectivity index (χ3v) is 7.03. The zero-order valence-corrected chi connectivity index (χ0v) is 15.7. The second-order valence-corrected chi connectivity index (χ2v) is 9.05. The van der Waals surface area contributed by atoms with Gasteiger partial charge >= 0.3 is 0 Å². The first-order valence-corrected chi connectivity index (χ1v) is 10.6. The molecule has 0 bridgehead atoms. The van der Waals surface area contributed by atoms with Crippen molar-refractivity contribution in [2.45, 2.75) is 44.4 Å². The summed E-state index contributed by atoms with van der Waals surface area (Å²) in [6, 6.07) is 4.06. The van der Waals surface area contributed by atoms with Crippen LogP contribution >= 0.6 is 22.7 Å². The van der Waals surface area contributed by atoms with E-state index in [1.165, 1.54) is 24.2 Å². The van der Waals surface area contributed by atoms with Crippen LogP contribution in [0.1, 0.15) is 51.3 Å². The number of carbonyl (C=O) groups is 1. The van der Waals surface area contributed by atoms with Crippen molar-refractivity contribution in [1.29, 1.82) is 0 Å². The van der Waals surface area contributed by atoms with E-state index in [0.717, 1.165) is 42.4 Å².